The zero-order valence-corrected chi connectivity index (χ0v) is 10.7. The summed E-state index contributed by atoms with van der Waals surface area (Å²) in [5.74, 6) is 0. The lowest BCUT2D eigenvalue weighted by Crippen LogP contribution is -2.35. The van der Waals surface area contributed by atoms with Crippen molar-refractivity contribution in [2.45, 2.75) is 26.3 Å². The molecule has 17 heavy (non-hydrogen) atoms. The van der Waals surface area contributed by atoms with Crippen molar-refractivity contribution in [3.8, 4) is 0 Å². The van der Waals surface area contributed by atoms with Crippen molar-refractivity contribution in [3.05, 3.63) is 24.3 Å². The molecule has 0 aliphatic heterocycles. The molecule has 0 aliphatic carbocycles. The number of carbonyl (C=O) groups excluding carboxylic acids is 1. The van der Waals surface area contributed by atoms with Crippen molar-refractivity contribution in [1.29, 1.82) is 0 Å². The van der Waals surface area contributed by atoms with Gasteiger partial charge >= 0.3 is 6.03 Å². The number of fused-ring (bicyclic) bond motifs is 1. The van der Waals surface area contributed by atoms with Crippen molar-refractivity contribution < 1.29 is 4.79 Å². The summed E-state index contributed by atoms with van der Waals surface area (Å²) >= 11 is 1.48. The largest absolute Gasteiger partial charge is 0.335 e. The lowest BCUT2D eigenvalue weighted by molar-refractivity contribution is 0.249. The van der Waals surface area contributed by atoms with E-state index in [0.717, 1.165) is 16.6 Å². The third-order valence-corrected chi connectivity index (χ3v) is 3.46. The average Bonchev–Trinajstić information content (AvgIpc) is 2.70. The summed E-state index contributed by atoms with van der Waals surface area (Å²) in [6.45, 7) is 4.00. The minimum absolute atomic E-state index is 0.171. The number of nitrogens with zero attached hydrogens (tertiary/aromatic N) is 1. The first-order valence-electron chi connectivity index (χ1n) is 5.62. The molecule has 1 heterocycles. The molecule has 0 radical (unpaired) electrons. The van der Waals surface area contributed by atoms with Gasteiger partial charge in [-0.2, -0.15) is 0 Å². The van der Waals surface area contributed by atoms with Gasteiger partial charge in [0.25, 0.3) is 0 Å². The molecule has 1 aromatic heterocycles. The Bertz CT molecular complexity index is 490. The Hall–Kier alpha value is -1.62. The summed E-state index contributed by atoms with van der Waals surface area (Å²) in [6, 6.07) is 7.80. The molecule has 2 aromatic rings. The van der Waals surface area contributed by atoms with E-state index in [2.05, 4.69) is 15.6 Å². The lowest BCUT2D eigenvalue weighted by atomic mass is 10.3. The van der Waals surface area contributed by atoms with Crippen LogP contribution in [0.3, 0.4) is 0 Å². The molecule has 0 bridgehead atoms. The fraction of sp³-hybridized carbons (Fsp3) is 0.333. The monoisotopic (exact) mass is 249 g/mol. The van der Waals surface area contributed by atoms with Gasteiger partial charge in [-0.25, -0.2) is 9.78 Å². The lowest BCUT2D eigenvalue weighted by Gasteiger charge is -2.10. The van der Waals surface area contributed by atoms with Crippen LogP contribution in [-0.2, 0) is 0 Å². The van der Waals surface area contributed by atoms with E-state index >= 15 is 0 Å². The second-order valence-electron chi connectivity index (χ2n) is 3.89. The Morgan fingerprint density at radius 2 is 2.24 bits per heavy atom. The molecule has 1 atom stereocenters. The normalized spacial score (nSPS) is 12.4. The Labute approximate surface area is 104 Å². The van der Waals surface area contributed by atoms with Gasteiger partial charge in [0.2, 0.25) is 0 Å². The van der Waals surface area contributed by atoms with Crippen molar-refractivity contribution in [3.63, 3.8) is 0 Å². The van der Waals surface area contributed by atoms with Crippen LogP contribution < -0.4 is 10.6 Å². The topological polar surface area (TPSA) is 54.0 Å². The molecule has 90 valence electrons. The second kappa shape index (κ2) is 5.14. The molecule has 2 rings (SSSR count). The van der Waals surface area contributed by atoms with E-state index < -0.39 is 0 Å². The highest BCUT2D eigenvalue weighted by atomic mass is 32.1. The van der Waals surface area contributed by atoms with Gasteiger partial charge in [-0.15, -0.1) is 0 Å². The Balaban J connectivity index is 2.05. The summed E-state index contributed by atoms with van der Waals surface area (Å²) < 4.78 is 1.08. The highest BCUT2D eigenvalue weighted by Gasteiger charge is 2.08. The molecule has 5 heteroatoms. The van der Waals surface area contributed by atoms with Crippen molar-refractivity contribution in [2.24, 2.45) is 0 Å². The molecule has 0 spiro atoms. The molecular formula is C12H15N3OS. The van der Waals surface area contributed by atoms with E-state index in [1.165, 1.54) is 11.3 Å². The van der Waals surface area contributed by atoms with E-state index in [-0.39, 0.29) is 12.1 Å². The first kappa shape index (κ1) is 11.9. The van der Waals surface area contributed by atoms with Crippen LogP contribution in [0, 0.1) is 0 Å². The summed E-state index contributed by atoms with van der Waals surface area (Å²) in [7, 11) is 0. The van der Waals surface area contributed by atoms with Gasteiger partial charge in [0.15, 0.2) is 5.13 Å². The number of anilines is 1. The van der Waals surface area contributed by atoms with Gasteiger partial charge in [-0.3, -0.25) is 5.32 Å². The fourth-order valence-electron chi connectivity index (χ4n) is 1.38. The highest BCUT2D eigenvalue weighted by Crippen LogP contribution is 2.25. The smallest absolute Gasteiger partial charge is 0.321 e. The Kier molecular flexibility index (Phi) is 3.58. The van der Waals surface area contributed by atoms with Crippen LogP contribution in [-0.4, -0.2) is 17.1 Å². The van der Waals surface area contributed by atoms with Gasteiger partial charge in [0.1, 0.15) is 0 Å². The van der Waals surface area contributed by atoms with Gasteiger partial charge in [-0.05, 0) is 25.5 Å². The number of aromatic nitrogens is 1. The minimum atomic E-state index is -0.196. The first-order valence-corrected chi connectivity index (χ1v) is 6.43. The molecule has 0 aliphatic rings. The van der Waals surface area contributed by atoms with Gasteiger partial charge in [0.05, 0.1) is 10.2 Å². The van der Waals surface area contributed by atoms with Crippen LogP contribution in [0.2, 0.25) is 0 Å². The zero-order chi connectivity index (χ0) is 12.3. The number of benzene rings is 1. The number of urea groups is 1. The Morgan fingerprint density at radius 1 is 1.47 bits per heavy atom. The number of rotatable bonds is 3. The first-order chi connectivity index (χ1) is 8.19. The molecule has 1 unspecified atom stereocenters. The summed E-state index contributed by atoms with van der Waals surface area (Å²) in [4.78, 5) is 15.9. The van der Waals surface area contributed by atoms with Crippen LogP contribution in [0.15, 0.2) is 24.3 Å². The van der Waals surface area contributed by atoms with Crippen LogP contribution >= 0.6 is 11.3 Å². The average molecular weight is 249 g/mol. The number of para-hydroxylation sites is 1. The summed E-state index contributed by atoms with van der Waals surface area (Å²) in [6.07, 6.45) is 0.910. The number of thiazole rings is 1. The predicted molar refractivity (Wildman–Crippen MR) is 71.5 cm³/mol. The standard InChI is InChI=1S/C12H15N3OS/c1-3-8(2)13-11(16)15-12-14-9-6-4-5-7-10(9)17-12/h4-8H,3H2,1-2H3,(H2,13,14,15,16). The van der Waals surface area contributed by atoms with Crippen molar-refractivity contribution >= 4 is 32.7 Å². The SMILES string of the molecule is CCC(C)NC(=O)Nc1nc2ccccc2s1. The van der Waals surface area contributed by atoms with Gasteiger partial charge < -0.3 is 5.32 Å². The molecule has 4 nitrogen and oxygen atoms in total. The van der Waals surface area contributed by atoms with E-state index in [1.807, 2.05) is 38.1 Å². The van der Waals surface area contributed by atoms with Crippen LogP contribution in [0.25, 0.3) is 10.2 Å². The molecular weight excluding hydrogens is 234 g/mol. The van der Waals surface area contributed by atoms with E-state index in [1.54, 1.807) is 0 Å². The Morgan fingerprint density at radius 3 is 2.94 bits per heavy atom. The maximum Gasteiger partial charge on any atom is 0.321 e. The second-order valence-corrected chi connectivity index (χ2v) is 4.93. The van der Waals surface area contributed by atoms with Crippen LogP contribution in [0.4, 0.5) is 9.93 Å². The molecule has 0 saturated heterocycles. The van der Waals surface area contributed by atoms with Gasteiger partial charge in [-0.1, -0.05) is 30.4 Å². The molecule has 0 saturated carbocycles. The maximum absolute atomic E-state index is 11.6. The maximum atomic E-state index is 11.6. The molecule has 0 fully saturated rings. The number of hydrogen-bond acceptors (Lipinski definition) is 3. The number of carbonyl (C=O) groups is 1. The van der Waals surface area contributed by atoms with E-state index in [4.69, 9.17) is 0 Å². The molecule has 2 amide bonds. The predicted octanol–water partition coefficient (Wildman–Crippen LogP) is 3.22. The quantitative estimate of drug-likeness (QED) is 0.877. The highest BCUT2D eigenvalue weighted by molar-refractivity contribution is 7.22. The number of amides is 2. The third kappa shape index (κ3) is 2.94. The summed E-state index contributed by atoms with van der Waals surface area (Å²) in [5, 5.41) is 6.22. The fourth-order valence-corrected chi connectivity index (χ4v) is 2.25. The third-order valence-electron chi connectivity index (χ3n) is 2.50. The van der Waals surface area contributed by atoms with Crippen molar-refractivity contribution in [2.75, 3.05) is 5.32 Å². The number of nitrogens with one attached hydrogen (secondary N) is 2. The molecule has 2 N–H and O–H groups in total. The molecule has 1 aromatic carbocycles. The van der Waals surface area contributed by atoms with E-state index in [9.17, 15) is 4.79 Å². The summed E-state index contributed by atoms with van der Waals surface area (Å²) in [5.41, 5.74) is 0.913. The van der Waals surface area contributed by atoms with Gasteiger partial charge in [0, 0.05) is 6.04 Å². The van der Waals surface area contributed by atoms with E-state index in [0.29, 0.717) is 5.13 Å². The van der Waals surface area contributed by atoms with Crippen LogP contribution in [0.5, 0.6) is 0 Å². The van der Waals surface area contributed by atoms with Crippen LogP contribution in [0.1, 0.15) is 20.3 Å². The minimum Gasteiger partial charge on any atom is -0.335 e. The van der Waals surface area contributed by atoms with Crippen molar-refractivity contribution in [1.82, 2.24) is 10.3 Å². The number of hydrogen-bond donors (Lipinski definition) is 2. The zero-order valence-electron chi connectivity index (χ0n) is 9.86.